The molecular formula is C30H34ClN3O5. The number of hydrogen-bond acceptors (Lipinski definition) is 5. The molecule has 3 aliphatic rings. The zero-order valence-electron chi connectivity index (χ0n) is 22.8. The van der Waals surface area contributed by atoms with Crippen LogP contribution in [0.15, 0.2) is 60.7 Å². The van der Waals surface area contributed by atoms with Gasteiger partial charge in [0.15, 0.2) is 0 Å². The van der Waals surface area contributed by atoms with Crippen molar-refractivity contribution in [1.82, 2.24) is 15.5 Å². The van der Waals surface area contributed by atoms with Gasteiger partial charge in [-0.1, -0.05) is 48.0 Å². The van der Waals surface area contributed by atoms with Crippen molar-refractivity contribution in [2.24, 2.45) is 11.8 Å². The van der Waals surface area contributed by atoms with E-state index < -0.39 is 34.6 Å². The Kier molecular flexibility index (Phi) is 6.75. The first-order valence-corrected chi connectivity index (χ1v) is 13.4. The van der Waals surface area contributed by atoms with Crippen LogP contribution in [0.5, 0.6) is 5.75 Å². The van der Waals surface area contributed by atoms with E-state index in [2.05, 4.69) is 10.6 Å². The predicted octanol–water partition coefficient (Wildman–Crippen LogP) is 3.62. The van der Waals surface area contributed by atoms with Gasteiger partial charge in [-0.2, -0.15) is 0 Å². The molecule has 2 saturated heterocycles. The van der Waals surface area contributed by atoms with Crippen molar-refractivity contribution in [1.29, 1.82) is 0 Å². The van der Waals surface area contributed by atoms with Crippen molar-refractivity contribution >= 4 is 29.3 Å². The first kappa shape index (κ1) is 27.2. The predicted molar refractivity (Wildman–Crippen MR) is 147 cm³/mol. The molecule has 0 saturated carbocycles. The molecule has 2 bridgehead atoms. The number of fused-ring (bicyclic) bond motifs is 1. The zero-order valence-corrected chi connectivity index (χ0v) is 23.5. The molecule has 206 valence electrons. The second-order valence-electron chi connectivity index (χ2n) is 11.7. The van der Waals surface area contributed by atoms with E-state index in [-0.39, 0.29) is 30.8 Å². The molecule has 39 heavy (non-hydrogen) atoms. The highest BCUT2D eigenvalue weighted by Crippen LogP contribution is 2.59. The summed E-state index contributed by atoms with van der Waals surface area (Å²) >= 11 is 6.07. The summed E-state index contributed by atoms with van der Waals surface area (Å²) in [6, 6.07) is 13.6. The van der Waals surface area contributed by atoms with Gasteiger partial charge in [0.1, 0.15) is 17.4 Å². The number of halogens is 1. The molecule has 3 amide bonds. The van der Waals surface area contributed by atoms with Gasteiger partial charge < -0.3 is 25.0 Å². The SMILES string of the molecule is COc1ccc(CNC(=O)[C@@H]2[C@@H]3C(=O)N(Cc4ccc(Cl)cc4)[C@H](C(=O)NC(C)(C)C)[C@@]34C=C[C@@]2(C)O4)cc1. The van der Waals surface area contributed by atoms with Crippen molar-refractivity contribution < 1.29 is 23.9 Å². The molecule has 8 nitrogen and oxygen atoms in total. The maximum absolute atomic E-state index is 14.1. The lowest BCUT2D eigenvalue weighted by molar-refractivity contribution is -0.146. The highest BCUT2D eigenvalue weighted by atomic mass is 35.5. The third-order valence-corrected chi connectivity index (χ3v) is 7.97. The van der Waals surface area contributed by atoms with Gasteiger partial charge in [0.05, 0.1) is 24.5 Å². The standard InChI is InChI=1S/C30H34ClN3O5/c1-28(2,3)33-26(36)24-30-15-14-29(4,39-30)22(25(35)32-16-18-8-12-21(38-5)13-9-18)23(30)27(37)34(24)17-19-6-10-20(31)11-7-19/h6-15,22-24H,16-17H2,1-5H3,(H,32,35)(H,33,36)/t22-,23+,24+,29+,30+/m0/s1. The largest absolute Gasteiger partial charge is 0.497 e. The minimum Gasteiger partial charge on any atom is -0.497 e. The number of benzene rings is 2. The van der Waals surface area contributed by atoms with Gasteiger partial charge in [-0.05, 0) is 63.1 Å². The number of rotatable bonds is 7. The van der Waals surface area contributed by atoms with Crippen LogP contribution in [0.1, 0.15) is 38.8 Å². The average Bonchev–Trinajstić information content (AvgIpc) is 3.44. The third-order valence-electron chi connectivity index (χ3n) is 7.72. The van der Waals surface area contributed by atoms with Crippen LogP contribution in [0.3, 0.4) is 0 Å². The maximum atomic E-state index is 14.1. The molecule has 2 aromatic rings. The maximum Gasteiger partial charge on any atom is 0.246 e. The van der Waals surface area contributed by atoms with E-state index in [4.69, 9.17) is 21.1 Å². The fraction of sp³-hybridized carbons (Fsp3) is 0.433. The lowest BCUT2D eigenvalue weighted by Crippen LogP contribution is -2.57. The molecule has 9 heteroatoms. The van der Waals surface area contributed by atoms with Gasteiger partial charge >= 0.3 is 0 Å². The summed E-state index contributed by atoms with van der Waals surface area (Å²) in [6.45, 7) is 7.95. The number of carbonyl (C=O) groups excluding carboxylic acids is 3. The smallest absolute Gasteiger partial charge is 0.246 e. The Bertz CT molecular complexity index is 1320. The van der Waals surface area contributed by atoms with E-state index in [0.29, 0.717) is 5.02 Å². The quantitative estimate of drug-likeness (QED) is 0.512. The minimum atomic E-state index is -1.25. The fourth-order valence-electron chi connectivity index (χ4n) is 6.07. The molecule has 0 aromatic heterocycles. The normalized spacial score (nSPS) is 28.9. The fourth-order valence-corrected chi connectivity index (χ4v) is 6.19. The van der Waals surface area contributed by atoms with Crippen LogP contribution in [0.25, 0.3) is 0 Å². The summed E-state index contributed by atoms with van der Waals surface area (Å²) in [7, 11) is 1.60. The van der Waals surface area contributed by atoms with Crippen molar-refractivity contribution in [3.63, 3.8) is 0 Å². The molecule has 2 N–H and O–H groups in total. The number of amides is 3. The highest BCUT2D eigenvalue weighted by molar-refractivity contribution is 6.30. The summed E-state index contributed by atoms with van der Waals surface area (Å²) in [4.78, 5) is 43.2. The Morgan fingerprint density at radius 1 is 1.03 bits per heavy atom. The van der Waals surface area contributed by atoms with Gasteiger partial charge in [-0.25, -0.2) is 0 Å². The third kappa shape index (κ3) is 4.80. The van der Waals surface area contributed by atoms with E-state index >= 15 is 0 Å². The molecular weight excluding hydrogens is 518 g/mol. The van der Waals surface area contributed by atoms with Gasteiger partial charge in [0, 0.05) is 23.7 Å². The average molecular weight is 552 g/mol. The Morgan fingerprint density at radius 2 is 1.67 bits per heavy atom. The van der Waals surface area contributed by atoms with Crippen molar-refractivity contribution in [3.05, 3.63) is 76.8 Å². The van der Waals surface area contributed by atoms with Crippen molar-refractivity contribution in [2.75, 3.05) is 7.11 Å². The van der Waals surface area contributed by atoms with Crippen LogP contribution in [-0.4, -0.2) is 52.5 Å². The van der Waals surface area contributed by atoms with Gasteiger partial charge in [-0.3, -0.25) is 14.4 Å². The monoisotopic (exact) mass is 551 g/mol. The number of nitrogens with one attached hydrogen (secondary N) is 2. The van der Waals surface area contributed by atoms with Gasteiger partial charge in [0.25, 0.3) is 0 Å². The van der Waals surface area contributed by atoms with Crippen LogP contribution >= 0.6 is 11.6 Å². The Labute approximate surface area is 233 Å². The first-order chi connectivity index (χ1) is 18.4. The lowest BCUT2D eigenvalue weighted by Gasteiger charge is -2.35. The lowest BCUT2D eigenvalue weighted by atomic mass is 9.70. The molecule has 5 rings (SSSR count). The number of methoxy groups -OCH3 is 1. The molecule has 0 radical (unpaired) electrons. The molecule has 5 atom stereocenters. The first-order valence-electron chi connectivity index (χ1n) is 13.0. The van der Waals surface area contributed by atoms with Crippen LogP contribution < -0.4 is 15.4 Å². The topological polar surface area (TPSA) is 97.0 Å². The number of nitrogens with zero attached hydrogens (tertiary/aromatic N) is 1. The van der Waals surface area contributed by atoms with Crippen molar-refractivity contribution in [2.45, 2.75) is 63.6 Å². The van der Waals surface area contributed by atoms with E-state index in [9.17, 15) is 14.4 Å². The molecule has 2 aromatic carbocycles. The van der Waals surface area contributed by atoms with Crippen LogP contribution in [-0.2, 0) is 32.2 Å². The number of likely N-dealkylation sites (tertiary alicyclic amines) is 1. The Morgan fingerprint density at radius 3 is 2.28 bits per heavy atom. The second-order valence-corrected chi connectivity index (χ2v) is 12.2. The van der Waals surface area contributed by atoms with Crippen LogP contribution in [0, 0.1) is 11.8 Å². The minimum absolute atomic E-state index is 0.185. The summed E-state index contributed by atoms with van der Waals surface area (Å²) < 4.78 is 11.8. The number of carbonyl (C=O) groups is 3. The molecule has 2 fully saturated rings. The summed E-state index contributed by atoms with van der Waals surface area (Å²) in [5.74, 6) is -1.80. The van der Waals surface area contributed by atoms with Crippen LogP contribution in [0.4, 0.5) is 0 Å². The van der Waals surface area contributed by atoms with E-state index in [1.807, 2.05) is 76.2 Å². The highest BCUT2D eigenvalue weighted by Gasteiger charge is 2.76. The van der Waals surface area contributed by atoms with Gasteiger partial charge in [0.2, 0.25) is 17.7 Å². The molecule has 0 aliphatic carbocycles. The summed E-state index contributed by atoms with van der Waals surface area (Å²) in [5, 5.41) is 6.60. The van der Waals surface area contributed by atoms with Gasteiger partial charge in [-0.15, -0.1) is 0 Å². The molecule has 0 unspecified atom stereocenters. The molecule has 1 spiro atoms. The second kappa shape index (κ2) is 9.68. The van der Waals surface area contributed by atoms with E-state index in [1.54, 1.807) is 24.1 Å². The zero-order chi connectivity index (χ0) is 28.2. The molecule has 3 aliphatic heterocycles. The Hall–Kier alpha value is -3.36. The summed E-state index contributed by atoms with van der Waals surface area (Å²) in [6.07, 6.45) is 3.65. The Balaban J connectivity index is 1.46. The van der Waals surface area contributed by atoms with E-state index in [0.717, 1.165) is 16.9 Å². The van der Waals surface area contributed by atoms with E-state index in [1.165, 1.54) is 0 Å². The number of ether oxygens (including phenoxy) is 2. The molecule has 3 heterocycles. The number of hydrogen-bond donors (Lipinski definition) is 2. The summed E-state index contributed by atoms with van der Waals surface area (Å²) in [5.41, 5.74) is -1.08. The van der Waals surface area contributed by atoms with Crippen LogP contribution in [0.2, 0.25) is 5.02 Å². The van der Waals surface area contributed by atoms with Crippen molar-refractivity contribution in [3.8, 4) is 5.75 Å².